The van der Waals surface area contributed by atoms with E-state index in [1.54, 1.807) is 0 Å². The maximum absolute atomic E-state index is 12.8. The molecule has 0 saturated carbocycles. The highest BCUT2D eigenvalue weighted by Gasteiger charge is 2.30. The molecule has 2 amide bonds. The molecular formula is C21H29N3O3. The fraction of sp³-hybridized carbons (Fsp3) is 0.619. The number of fused-ring (bicyclic) bond motifs is 1. The number of carbonyl (C=O) groups excluding carboxylic acids is 2. The molecule has 1 atom stereocenters. The summed E-state index contributed by atoms with van der Waals surface area (Å²) in [4.78, 5) is 31.4. The van der Waals surface area contributed by atoms with Crippen molar-refractivity contribution in [3.05, 3.63) is 29.8 Å². The number of piperazine rings is 1. The summed E-state index contributed by atoms with van der Waals surface area (Å²) in [5.74, 6) is 0.355. The molecule has 0 radical (unpaired) electrons. The van der Waals surface area contributed by atoms with Gasteiger partial charge in [0.05, 0.1) is 0 Å². The van der Waals surface area contributed by atoms with E-state index in [0.29, 0.717) is 13.0 Å². The molecule has 2 fully saturated rings. The molecule has 0 spiro atoms. The van der Waals surface area contributed by atoms with Gasteiger partial charge in [-0.2, -0.15) is 0 Å². The van der Waals surface area contributed by atoms with Crippen molar-refractivity contribution in [2.24, 2.45) is 0 Å². The molecule has 4 rings (SSSR count). The van der Waals surface area contributed by atoms with Crippen molar-refractivity contribution >= 4 is 17.5 Å². The number of aryl methyl sites for hydroxylation is 1. The van der Waals surface area contributed by atoms with Gasteiger partial charge in [0.15, 0.2) is 0 Å². The number of ether oxygens (including phenoxy) is 1. The number of nitrogens with zero attached hydrogens (tertiary/aromatic N) is 3. The summed E-state index contributed by atoms with van der Waals surface area (Å²) < 4.78 is 5.51. The van der Waals surface area contributed by atoms with Crippen LogP contribution in [0.25, 0.3) is 0 Å². The number of anilines is 1. The molecular weight excluding hydrogens is 342 g/mol. The molecule has 0 aromatic heterocycles. The number of para-hydroxylation sites is 1. The zero-order valence-electron chi connectivity index (χ0n) is 15.9. The Bertz CT molecular complexity index is 679. The third-order valence-corrected chi connectivity index (χ3v) is 5.94. The second-order valence-corrected chi connectivity index (χ2v) is 7.70. The minimum Gasteiger partial charge on any atom is -0.368 e. The summed E-state index contributed by atoms with van der Waals surface area (Å²) in [5.41, 5.74) is 2.36. The van der Waals surface area contributed by atoms with Crippen LogP contribution < -0.4 is 4.90 Å². The molecule has 3 heterocycles. The first-order valence-corrected chi connectivity index (χ1v) is 10.2. The van der Waals surface area contributed by atoms with Crippen LogP contribution >= 0.6 is 0 Å². The van der Waals surface area contributed by atoms with Gasteiger partial charge in [0.1, 0.15) is 6.10 Å². The van der Waals surface area contributed by atoms with Gasteiger partial charge in [0.25, 0.3) is 5.91 Å². The first kappa shape index (κ1) is 18.4. The molecule has 3 aliphatic heterocycles. The smallest absolute Gasteiger partial charge is 0.251 e. The van der Waals surface area contributed by atoms with Crippen molar-refractivity contribution in [2.75, 3.05) is 50.8 Å². The standard InChI is InChI=1S/C21H29N3O3/c25-20(24-10-3-6-17-5-1-2-7-18(17)24)9-11-22-12-14-23(15-13-22)21(26)19-8-4-16-27-19/h1-2,5,7,19H,3-4,6,8-16H2. The molecule has 1 unspecified atom stereocenters. The molecule has 1 aromatic rings. The van der Waals surface area contributed by atoms with Crippen molar-refractivity contribution in [1.82, 2.24) is 9.80 Å². The van der Waals surface area contributed by atoms with Gasteiger partial charge in [0, 0.05) is 58.0 Å². The van der Waals surface area contributed by atoms with Gasteiger partial charge in [0.2, 0.25) is 5.91 Å². The zero-order chi connectivity index (χ0) is 18.6. The van der Waals surface area contributed by atoms with Gasteiger partial charge in [-0.15, -0.1) is 0 Å². The van der Waals surface area contributed by atoms with Crippen LogP contribution in [-0.4, -0.2) is 73.6 Å². The van der Waals surface area contributed by atoms with Crippen LogP contribution in [0.1, 0.15) is 31.2 Å². The van der Waals surface area contributed by atoms with Crippen molar-refractivity contribution in [3.63, 3.8) is 0 Å². The highest BCUT2D eigenvalue weighted by atomic mass is 16.5. The first-order chi connectivity index (χ1) is 13.2. The lowest BCUT2D eigenvalue weighted by Gasteiger charge is -2.36. The highest BCUT2D eigenvalue weighted by Crippen LogP contribution is 2.27. The van der Waals surface area contributed by atoms with E-state index in [1.807, 2.05) is 21.9 Å². The Morgan fingerprint density at radius 1 is 1.04 bits per heavy atom. The third kappa shape index (κ3) is 4.17. The van der Waals surface area contributed by atoms with Crippen LogP contribution in [0.5, 0.6) is 0 Å². The summed E-state index contributed by atoms with van der Waals surface area (Å²) in [6.45, 7) is 5.43. The van der Waals surface area contributed by atoms with E-state index in [4.69, 9.17) is 4.74 Å². The van der Waals surface area contributed by atoms with Gasteiger partial charge in [-0.05, 0) is 37.3 Å². The number of amides is 2. The van der Waals surface area contributed by atoms with Crippen LogP contribution in [0.4, 0.5) is 5.69 Å². The van der Waals surface area contributed by atoms with Crippen molar-refractivity contribution in [3.8, 4) is 0 Å². The Kier molecular flexibility index (Phi) is 5.74. The quantitative estimate of drug-likeness (QED) is 0.808. The van der Waals surface area contributed by atoms with E-state index < -0.39 is 0 Å². The van der Waals surface area contributed by atoms with Gasteiger partial charge >= 0.3 is 0 Å². The van der Waals surface area contributed by atoms with E-state index in [9.17, 15) is 9.59 Å². The molecule has 0 bridgehead atoms. The fourth-order valence-corrected chi connectivity index (χ4v) is 4.35. The average Bonchev–Trinajstić information content (AvgIpc) is 3.26. The molecule has 0 N–H and O–H groups in total. The largest absolute Gasteiger partial charge is 0.368 e. The predicted octanol–water partition coefficient (Wildman–Crippen LogP) is 1.68. The van der Waals surface area contributed by atoms with Gasteiger partial charge in [-0.1, -0.05) is 18.2 Å². The SMILES string of the molecule is O=C(C1CCCO1)N1CCN(CCC(=O)N2CCCc3ccccc32)CC1. The van der Waals surface area contributed by atoms with E-state index >= 15 is 0 Å². The Balaban J connectivity index is 1.24. The Morgan fingerprint density at radius 2 is 1.85 bits per heavy atom. The van der Waals surface area contributed by atoms with E-state index in [0.717, 1.165) is 70.6 Å². The molecule has 2 saturated heterocycles. The normalized spacial score (nSPS) is 23.3. The van der Waals surface area contributed by atoms with Crippen molar-refractivity contribution < 1.29 is 14.3 Å². The maximum Gasteiger partial charge on any atom is 0.251 e. The lowest BCUT2D eigenvalue weighted by Crippen LogP contribution is -2.51. The molecule has 6 heteroatoms. The minimum atomic E-state index is -0.225. The van der Waals surface area contributed by atoms with Gasteiger partial charge in [-0.3, -0.25) is 14.5 Å². The average molecular weight is 371 g/mol. The van der Waals surface area contributed by atoms with Crippen molar-refractivity contribution in [1.29, 1.82) is 0 Å². The number of benzene rings is 1. The fourth-order valence-electron chi connectivity index (χ4n) is 4.35. The topological polar surface area (TPSA) is 53.1 Å². The van der Waals surface area contributed by atoms with Crippen LogP contribution in [0.15, 0.2) is 24.3 Å². The van der Waals surface area contributed by atoms with E-state index in [2.05, 4.69) is 17.0 Å². The predicted molar refractivity (Wildman–Crippen MR) is 104 cm³/mol. The third-order valence-electron chi connectivity index (χ3n) is 5.94. The lowest BCUT2D eigenvalue weighted by molar-refractivity contribution is -0.142. The molecule has 146 valence electrons. The molecule has 1 aromatic carbocycles. The molecule has 0 aliphatic carbocycles. The maximum atomic E-state index is 12.8. The highest BCUT2D eigenvalue weighted by molar-refractivity contribution is 5.94. The summed E-state index contributed by atoms with van der Waals surface area (Å²) in [5, 5.41) is 0. The summed E-state index contributed by atoms with van der Waals surface area (Å²) in [6, 6.07) is 8.24. The molecule has 27 heavy (non-hydrogen) atoms. The Labute approximate surface area is 161 Å². The number of carbonyl (C=O) groups is 2. The van der Waals surface area contributed by atoms with E-state index in [1.165, 1.54) is 5.56 Å². The lowest BCUT2D eigenvalue weighted by atomic mass is 10.0. The summed E-state index contributed by atoms with van der Waals surface area (Å²) in [7, 11) is 0. The minimum absolute atomic E-state index is 0.146. The zero-order valence-corrected chi connectivity index (χ0v) is 15.9. The molecule has 6 nitrogen and oxygen atoms in total. The van der Waals surface area contributed by atoms with Gasteiger partial charge < -0.3 is 14.5 Å². The van der Waals surface area contributed by atoms with E-state index in [-0.39, 0.29) is 17.9 Å². The second-order valence-electron chi connectivity index (χ2n) is 7.70. The number of hydrogen-bond donors (Lipinski definition) is 0. The van der Waals surface area contributed by atoms with Crippen LogP contribution in [0, 0.1) is 0 Å². The Hall–Kier alpha value is -1.92. The summed E-state index contributed by atoms with van der Waals surface area (Å²) in [6.07, 6.45) is 4.24. The van der Waals surface area contributed by atoms with Crippen LogP contribution in [-0.2, 0) is 20.7 Å². The monoisotopic (exact) mass is 371 g/mol. The van der Waals surface area contributed by atoms with Crippen molar-refractivity contribution in [2.45, 2.75) is 38.2 Å². The first-order valence-electron chi connectivity index (χ1n) is 10.2. The Morgan fingerprint density at radius 3 is 2.63 bits per heavy atom. The number of rotatable bonds is 4. The van der Waals surface area contributed by atoms with Crippen LogP contribution in [0.2, 0.25) is 0 Å². The van der Waals surface area contributed by atoms with Crippen LogP contribution in [0.3, 0.4) is 0 Å². The molecule has 3 aliphatic rings. The second kappa shape index (κ2) is 8.40. The van der Waals surface area contributed by atoms with Gasteiger partial charge in [-0.25, -0.2) is 0 Å². The summed E-state index contributed by atoms with van der Waals surface area (Å²) >= 11 is 0. The number of hydrogen-bond acceptors (Lipinski definition) is 4.